The van der Waals surface area contributed by atoms with Crippen molar-refractivity contribution in [1.82, 2.24) is 0 Å². The van der Waals surface area contributed by atoms with Crippen LogP contribution in [0.15, 0.2) is 42.5 Å². The highest BCUT2D eigenvalue weighted by Gasteiger charge is 2.15. The van der Waals surface area contributed by atoms with Gasteiger partial charge in [0.25, 0.3) is 5.91 Å². The smallest absolute Gasteiger partial charge is 0.255 e. The van der Waals surface area contributed by atoms with Gasteiger partial charge < -0.3 is 10.2 Å². The molecule has 0 bridgehead atoms. The van der Waals surface area contributed by atoms with Crippen molar-refractivity contribution in [3.63, 3.8) is 0 Å². The van der Waals surface area contributed by atoms with E-state index in [4.69, 9.17) is 0 Å². The lowest BCUT2D eigenvalue weighted by Crippen LogP contribution is -2.30. The molecule has 0 spiro atoms. The van der Waals surface area contributed by atoms with Gasteiger partial charge in [0.1, 0.15) is 5.82 Å². The molecule has 2 aromatic carbocycles. The molecule has 1 aliphatic rings. The molecule has 0 aliphatic carbocycles. The predicted molar refractivity (Wildman–Crippen MR) is 91.6 cm³/mol. The third-order valence-electron chi connectivity index (χ3n) is 4.22. The van der Waals surface area contributed by atoms with Crippen LogP contribution < -0.4 is 10.2 Å². The number of aryl methyl sites for hydroxylation is 1. The van der Waals surface area contributed by atoms with Crippen LogP contribution in [0.2, 0.25) is 0 Å². The summed E-state index contributed by atoms with van der Waals surface area (Å²) in [5, 5.41) is 2.75. The van der Waals surface area contributed by atoms with Crippen molar-refractivity contribution in [1.29, 1.82) is 0 Å². The first kappa shape index (κ1) is 15.5. The highest BCUT2D eigenvalue weighted by atomic mass is 19.1. The third kappa shape index (κ3) is 3.70. The van der Waals surface area contributed by atoms with Crippen molar-refractivity contribution in [3.8, 4) is 0 Å². The van der Waals surface area contributed by atoms with Crippen LogP contribution in [0.4, 0.5) is 15.8 Å². The van der Waals surface area contributed by atoms with Gasteiger partial charge >= 0.3 is 0 Å². The van der Waals surface area contributed by atoms with Crippen LogP contribution in [0.25, 0.3) is 0 Å². The minimum atomic E-state index is -0.284. The van der Waals surface area contributed by atoms with Gasteiger partial charge in [0, 0.05) is 24.3 Å². The Bertz CT molecular complexity index is 691. The van der Waals surface area contributed by atoms with Crippen molar-refractivity contribution in [2.75, 3.05) is 23.3 Å². The van der Waals surface area contributed by atoms with E-state index in [9.17, 15) is 9.18 Å². The van der Waals surface area contributed by atoms with Crippen LogP contribution >= 0.6 is 0 Å². The van der Waals surface area contributed by atoms with Crippen molar-refractivity contribution in [3.05, 3.63) is 59.4 Å². The molecule has 1 heterocycles. The first-order chi connectivity index (χ1) is 11.1. The molecular weight excluding hydrogens is 291 g/mol. The SMILES string of the molecule is Cc1ccc(C(=O)Nc2ccc(N3CCCCC3)c(F)c2)cc1. The Morgan fingerprint density at radius 3 is 2.39 bits per heavy atom. The Morgan fingerprint density at radius 1 is 1.04 bits per heavy atom. The monoisotopic (exact) mass is 312 g/mol. The van der Waals surface area contributed by atoms with Gasteiger partial charge in [-0.3, -0.25) is 4.79 Å². The van der Waals surface area contributed by atoms with Crippen LogP contribution in [0, 0.1) is 12.7 Å². The Labute approximate surface area is 136 Å². The molecule has 120 valence electrons. The number of piperidine rings is 1. The molecule has 23 heavy (non-hydrogen) atoms. The van der Waals surface area contributed by atoms with Gasteiger partial charge in [0.15, 0.2) is 0 Å². The molecule has 0 saturated carbocycles. The molecular formula is C19H21FN2O. The molecule has 0 atom stereocenters. The molecule has 1 saturated heterocycles. The number of rotatable bonds is 3. The Balaban J connectivity index is 1.72. The Hall–Kier alpha value is -2.36. The lowest BCUT2D eigenvalue weighted by molar-refractivity contribution is 0.102. The highest BCUT2D eigenvalue weighted by molar-refractivity contribution is 6.04. The van der Waals surface area contributed by atoms with Crippen LogP contribution in [0.5, 0.6) is 0 Å². The van der Waals surface area contributed by atoms with Gasteiger partial charge in [-0.05, 0) is 56.5 Å². The average molecular weight is 312 g/mol. The third-order valence-corrected chi connectivity index (χ3v) is 4.22. The molecule has 0 aromatic heterocycles. The number of anilines is 2. The fourth-order valence-corrected chi connectivity index (χ4v) is 2.88. The molecule has 1 N–H and O–H groups in total. The van der Waals surface area contributed by atoms with E-state index < -0.39 is 0 Å². The summed E-state index contributed by atoms with van der Waals surface area (Å²) in [4.78, 5) is 14.3. The Kier molecular flexibility index (Phi) is 4.60. The Morgan fingerprint density at radius 2 is 1.74 bits per heavy atom. The van der Waals surface area contributed by atoms with Crippen molar-refractivity contribution in [2.24, 2.45) is 0 Å². The molecule has 3 rings (SSSR count). The fourth-order valence-electron chi connectivity index (χ4n) is 2.88. The molecule has 1 amide bonds. The number of halogens is 1. The maximum atomic E-state index is 14.3. The second kappa shape index (κ2) is 6.82. The molecule has 1 aliphatic heterocycles. The number of hydrogen-bond donors (Lipinski definition) is 1. The average Bonchev–Trinajstić information content (AvgIpc) is 2.56. The largest absolute Gasteiger partial charge is 0.369 e. The highest BCUT2D eigenvalue weighted by Crippen LogP contribution is 2.26. The molecule has 1 fully saturated rings. The van der Waals surface area contributed by atoms with Gasteiger partial charge in [0.2, 0.25) is 0 Å². The minimum Gasteiger partial charge on any atom is -0.369 e. The first-order valence-electron chi connectivity index (χ1n) is 8.06. The summed E-state index contributed by atoms with van der Waals surface area (Å²) in [5.74, 6) is -0.510. The van der Waals surface area contributed by atoms with E-state index in [1.54, 1.807) is 24.3 Å². The van der Waals surface area contributed by atoms with E-state index >= 15 is 0 Å². The number of carbonyl (C=O) groups excluding carboxylic acids is 1. The topological polar surface area (TPSA) is 32.3 Å². The van der Waals surface area contributed by atoms with Gasteiger partial charge in [-0.15, -0.1) is 0 Å². The summed E-state index contributed by atoms with van der Waals surface area (Å²) in [5.41, 5.74) is 2.77. The minimum absolute atomic E-state index is 0.227. The number of benzene rings is 2. The van der Waals surface area contributed by atoms with Crippen LogP contribution in [0.3, 0.4) is 0 Å². The van der Waals surface area contributed by atoms with E-state index in [1.807, 2.05) is 19.1 Å². The summed E-state index contributed by atoms with van der Waals surface area (Å²) < 4.78 is 14.3. The predicted octanol–water partition coefficient (Wildman–Crippen LogP) is 4.38. The zero-order chi connectivity index (χ0) is 16.2. The molecule has 0 unspecified atom stereocenters. The van der Waals surface area contributed by atoms with E-state index in [-0.39, 0.29) is 11.7 Å². The zero-order valence-corrected chi connectivity index (χ0v) is 13.3. The van der Waals surface area contributed by atoms with E-state index in [0.717, 1.165) is 31.5 Å². The van der Waals surface area contributed by atoms with Crippen molar-refractivity contribution < 1.29 is 9.18 Å². The van der Waals surface area contributed by atoms with Crippen LogP contribution in [0.1, 0.15) is 35.2 Å². The normalized spacial score (nSPS) is 14.6. The number of carbonyl (C=O) groups is 1. The van der Waals surface area contributed by atoms with E-state index in [0.29, 0.717) is 16.9 Å². The molecule has 3 nitrogen and oxygen atoms in total. The van der Waals surface area contributed by atoms with Crippen molar-refractivity contribution >= 4 is 17.3 Å². The number of amides is 1. The lowest BCUT2D eigenvalue weighted by atomic mass is 10.1. The van der Waals surface area contributed by atoms with Gasteiger partial charge in [-0.2, -0.15) is 0 Å². The first-order valence-corrected chi connectivity index (χ1v) is 8.06. The van der Waals surface area contributed by atoms with Gasteiger partial charge in [-0.1, -0.05) is 17.7 Å². The molecule has 2 aromatic rings. The lowest BCUT2D eigenvalue weighted by Gasteiger charge is -2.29. The second-order valence-electron chi connectivity index (χ2n) is 6.03. The fraction of sp³-hybridized carbons (Fsp3) is 0.316. The maximum absolute atomic E-state index is 14.3. The number of hydrogen-bond acceptors (Lipinski definition) is 2. The van der Waals surface area contributed by atoms with Gasteiger partial charge in [-0.25, -0.2) is 4.39 Å². The summed E-state index contributed by atoms with van der Waals surface area (Å²) in [7, 11) is 0. The number of nitrogens with one attached hydrogen (secondary N) is 1. The summed E-state index contributed by atoms with van der Waals surface area (Å²) in [6, 6.07) is 12.2. The zero-order valence-electron chi connectivity index (χ0n) is 13.3. The van der Waals surface area contributed by atoms with E-state index in [1.165, 1.54) is 12.5 Å². The standard InChI is InChI=1S/C19H21FN2O/c1-14-5-7-15(8-6-14)19(23)21-16-9-10-18(17(20)13-16)22-11-3-2-4-12-22/h5-10,13H,2-4,11-12H2,1H3,(H,21,23). The molecule has 4 heteroatoms. The molecule has 0 radical (unpaired) electrons. The summed E-state index contributed by atoms with van der Waals surface area (Å²) in [6.45, 7) is 3.76. The van der Waals surface area contributed by atoms with E-state index in [2.05, 4.69) is 10.2 Å². The van der Waals surface area contributed by atoms with Crippen LogP contribution in [-0.4, -0.2) is 19.0 Å². The maximum Gasteiger partial charge on any atom is 0.255 e. The number of nitrogens with zero attached hydrogens (tertiary/aromatic N) is 1. The van der Waals surface area contributed by atoms with Crippen LogP contribution in [-0.2, 0) is 0 Å². The second-order valence-corrected chi connectivity index (χ2v) is 6.03. The van der Waals surface area contributed by atoms with Crippen molar-refractivity contribution in [2.45, 2.75) is 26.2 Å². The van der Waals surface area contributed by atoms with Gasteiger partial charge in [0.05, 0.1) is 5.69 Å². The quantitative estimate of drug-likeness (QED) is 0.912. The summed E-state index contributed by atoms with van der Waals surface area (Å²) >= 11 is 0. The summed E-state index contributed by atoms with van der Waals surface area (Å²) in [6.07, 6.45) is 3.42.